The van der Waals surface area contributed by atoms with Gasteiger partial charge in [0.05, 0.1) is 33.1 Å². The normalized spacial score (nSPS) is 15.3. The molecule has 2 heterocycles. The van der Waals surface area contributed by atoms with Crippen molar-refractivity contribution in [1.29, 1.82) is 0 Å². The van der Waals surface area contributed by atoms with E-state index in [2.05, 4.69) is 317 Å². The van der Waals surface area contributed by atoms with Crippen molar-refractivity contribution >= 4 is 21.9 Å². The fourth-order valence-electron chi connectivity index (χ4n) is 16.7. The Hall–Kier alpha value is -10.5. The van der Waals surface area contributed by atoms with Crippen molar-refractivity contribution in [2.24, 2.45) is 0 Å². The van der Waals surface area contributed by atoms with Crippen molar-refractivity contribution in [3.8, 4) is 72.8 Å². The third kappa shape index (κ3) is 6.66. The number of hydrogen-bond donors (Lipinski definition) is 0. The Labute approximate surface area is 507 Å². The largest absolute Gasteiger partial charge is 0.292 e. The Morgan fingerprint density at radius 2 is 0.644 bits per heavy atom. The summed E-state index contributed by atoms with van der Waals surface area (Å²) in [5.41, 5.74) is 31.8. The van der Waals surface area contributed by atoms with Crippen LogP contribution in [-0.4, -0.2) is 14.5 Å². The number of aromatic nitrogens is 3. The van der Waals surface area contributed by atoms with Crippen LogP contribution in [0.3, 0.4) is 0 Å². The van der Waals surface area contributed by atoms with Gasteiger partial charge in [0.25, 0.3) is 0 Å². The third-order valence-electron chi connectivity index (χ3n) is 20.6. The SMILES string of the molecule is CC1(C)c2ccccc2C2(c3ccccc3-c3ccccc32)c2cc(-c3cc(-c4ccc(-c5ccc(-n6c(-c7ccc8c(c7)C7(c9ccccc9-c9ccccc97)c7ccccc7C8(C)C)nc7ccccc76)cc5)cc4)nc4ccccc34)ccc21. The number of hydrogen-bond acceptors (Lipinski definition) is 2. The van der Waals surface area contributed by atoms with Gasteiger partial charge in [-0.15, -0.1) is 0 Å². The van der Waals surface area contributed by atoms with E-state index in [4.69, 9.17) is 9.97 Å². The lowest BCUT2D eigenvalue weighted by atomic mass is 9.55. The Morgan fingerprint density at radius 1 is 0.264 bits per heavy atom. The zero-order chi connectivity index (χ0) is 58.0. The fourth-order valence-corrected chi connectivity index (χ4v) is 16.7. The van der Waals surface area contributed by atoms with Crippen LogP contribution < -0.4 is 0 Å². The molecular weight excluding hydrogens is 1050 g/mol. The molecule has 0 N–H and O–H groups in total. The zero-order valence-electron chi connectivity index (χ0n) is 49.0. The van der Waals surface area contributed by atoms with E-state index >= 15 is 0 Å². The van der Waals surface area contributed by atoms with Crippen molar-refractivity contribution in [1.82, 2.24) is 14.5 Å². The topological polar surface area (TPSA) is 30.7 Å². The van der Waals surface area contributed by atoms with Gasteiger partial charge in [0, 0.05) is 33.0 Å². The summed E-state index contributed by atoms with van der Waals surface area (Å²) in [7, 11) is 0. The standard InChI is InChI=1S/C84H59N3/c1-81(2)68-30-14-16-32-72(68)83(64-26-10-5-21-58(64)59-22-6-11-27-65(59)83)74-49-55(43-47-70(74)81)63-51-78(85-76-34-18-9-25-62(63)76)54-39-37-52(38-40-54)53-41-45-57(46-42-53)87-79-36-20-19-35-77(79)86-80(87)56-44-48-71-75(50-56)84(73-33-17-15-31-69(73)82(71,3)4)66-28-12-7-23-60(66)61-24-8-13-29-67(61)84/h5-51H,1-4H3. The Morgan fingerprint density at radius 3 is 1.17 bits per heavy atom. The molecule has 0 saturated carbocycles. The van der Waals surface area contributed by atoms with E-state index in [0.29, 0.717) is 0 Å². The second-order valence-electron chi connectivity index (χ2n) is 25.5. The molecule has 0 atom stereocenters. The molecule has 0 aliphatic heterocycles. The van der Waals surface area contributed by atoms with E-state index in [1.807, 2.05) is 0 Å². The first-order valence-corrected chi connectivity index (χ1v) is 30.6. The van der Waals surface area contributed by atoms with Gasteiger partial charge in [0.1, 0.15) is 5.82 Å². The average molecular weight is 1110 g/mol. The number of pyridine rings is 1. The lowest BCUT2D eigenvalue weighted by Crippen LogP contribution is -2.40. The second kappa shape index (κ2) is 18.0. The molecule has 0 fully saturated rings. The third-order valence-corrected chi connectivity index (χ3v) is 20.6. The van der Waals surface area contributed by atoms with Gasteiger partial charge in [-0.05, 0) is 160 Å². The molecule has 4 aliphatic rings. The molecule has 12 aromatic carbocycles. The maximum Gasteiger partial charge on any atom is 0.145 e. The van der Waals surface area contributed by atoms with E-state index in [1.54, 1.807) is 0 Å². The molecule has 18 rings (SSSR count). The number of benzene rings is 12. The van der Waals surface area contributed by atoms with Crippen LogP contribution in [0.15, 0.2) is 285 Å². The monoisotopic (exact) mass is 1110 g/mol. The van der Waals surface area contributed by atoms with Crippen molar-refractivity contribution in [3.63, 3.8) is 0 Å². The van der Waals surface area contributed by atoms with Crippen LogP contribution in [0.2, 0.25) is 0 Å². The number of para-hydroxylation sites is 3. The molecule has 0 unspecified atom stereocenters. The van der Waals surface area contributed by atoms with Crippen LogP contribution in [0, 0.1) is 0 Å². The van der Waals surface area contributed by atoms with Gasteiger partial charge in [0.2, 0.25) is 0 Å². The second-order valence-corrected chi connectivity index (χ2v) is 25.5. The predicted octanol–water partition coefficient (Wildman–Crippen LogP) is 20.2. The summed E-state index contributed by atoms with van der Waals surface area (Å²) in [5, 5.41) is 1.14. The molecule has 410 valence electrons. The zero-order valence-corrected chi connectivity index (χ0v) is 49.0. The number of fused-ring (bicyclic) bond motifs is 20. The molecular formula is C84H59N3. The first-order chi connectivity index (χ1) is 42.6. The Balaban J connectivity index is 0.724. The summed E-state index contributed by atoms with van der Waals surface area (Å²) in [6, 6.07) is 107. The van der Waals surface area contributed by atoms with Crippen LogP contribution in [0.5, 0.6) is 0 Å². The average Bonchev–Trinajstić information content (AvgIpc) is 1.62. The molecule has 0 bridgehead atoms. The summed E-state index contributed by atoms with van der Waals surface area (Å²) >= 11 is 0. The summed E-state index contributed by atoms with van der Waals surface area (Å²) in [4.78, 5) is 10.9. The highest BCUT2D eigenvalue weighted by Crippen LogP contribution is 2.64. The van der Waals surface area contributed by atoms with E-state index in [-0.39, 0.29) is 10.8 Å². The predicted molar refractivity (Wildman–Crippen MR) is 357 cm³/mol. The van der Waals surface area contributed by atoms with Gasteiger partial charge in [-0.1, -0.05) is 264 Å². The summed E-state index contributed by atoms with van der Waals surface area (Å²) in [6.07, 6.45) is 0. The minimum absolute atomic E-state index is 0.220. The van der Waals surface area contributed by atoms with Gasteiger partial charge in [-0.2, -0.15) is 0 Å². The highest BCUT2D eigenvalue weighted by atomic mass is 15.1. The highest BCUT2D eigenvalue weighted by molar-refractivity contribution is 5.98. The lowest BCUT2D eigenvalue weighted by molar-refractivity contribution is 0.563. The minimum Gasteiger partial charge on any atom is -0.292 e. The highest BCUT2D eigenvalue weighted by Gasteiger charge is 2.55. The van der Waals surface area contributed by atoms with E-state index in [0.717, 1.165) is 61.4 Å². The molecule has 14 aromatic rings. The smallest absolute Gasteiger partial charge is 0.145 e. The Kier molecular flexibility index (Phi) is 10.3. The molecule has 0 amide bonds. The van der Waals surface area contributed by atoms with Crippen LogP contribution >= 0.6 is 0 Å². The van der Waals surface area contributed by atoms with Crippen LogP contribution in [0.4, 0.5) is 0 Å². The van der Waals surface area contributed by atoms with Crippen LogP contribution in [0.1, 0.15) is 94.5 Å². The molecule has 0 saturated heterocycles. The van der Waals surface area contributed by atoms with Gasteiger partial charge in [-0.3, -0.25) is 4.57 Å². The van der Waals surface area contributed by atoms with Crippen molar-refractivity contribution in [2.45, 2.75) is 49.4 Å². The van der Waals surface area contributed by atoms with Crippen LogP contribution in [0.25, 0.3) is 94.8 Å². The molecule has 2 spiro atoms. The van der Waals surface area contributed by atoms with Crippen molar-refractivity contribution < 1.29 is 0 Å². The molecule has 3 nitrogen and oxygen atoms in total. The van der Waals surface area contributed by atoms with Gasteiger partial charge < -0.3 is 0 Å². The van der Waals surface area contributed by atoms with E-state index < -0.39 is 10.8 Å². The number of nitrogens with zero attached hydrogens (tertiary/aromatic N) is 3. The Bertz CT molecular complexity index is 5130. The molecule has 3 heteroatoms. The minimum atomic E-state index is -0.501. The van der Waals surface area contributed by atoms with Gasteiger partial charge in [0.15, 0.2) is 0 Å². The summed E-state index contributed by atoms with van der Waals surface area (Å²) < 4.78 is 2.35. The molecule has 0 radical (unpaired) electrons. The van der Waals surface area contributed by atoms with Crippen LogP contribution in [-0.2, 0) is 21.7 Å². The fraction of sp³-hybridized carbons (Fsp3) is 0.0952. The summed E-state index contributed by atoms with van der Waals surface area (Å²) in [5.74, 6) is 0.919. The molecule has 4 aliphatic carbocycles. The van der Waals surface area contributed by atoms with Gasteiger partial charge in [-0.25, -0.2) is 9.97 Å². The molecule has 87 heavy (non-hydrogen) atoms. The first kappa shape index (κ1) is 49.9. The summed E-state index contributed by atoms with van der Waals surface area (Å²) in [6.45, 7) is 9.59. The lowest BCUT2D eigenvalue weighted by Gasteiger charge is -2.47. The molecule has 2 aromatic heterocycles. The maximum atomic E-state index is 5.48. The quantitative estimate of drug-likeness (QED) is 0.172. The maximum absolute atomic E-state index is 5.48. The first-order valence-electron chi connectivity index (χ1n) is 30.6. The number of rotatable bonds is 5. The van der Waals surface area contributed by atoms with E-state index in [1.165, 1.54) is 100 Å². The van der Waals surface area contributed by atoms with Crippen molar-refractivity contribution in [2.75, 3.05) is 0 Å². The number of imidazole rings is 1. The van der Waals surface area contributed by atoms with E-state index in [9.17, 15) is 0 Å². The van der Waals surface area contributed by atoms with Gasteiger partial charge >= 0.3 is 0 Å². The van der Waals surface area contributed by atoms with Crippen molar-refractivity contribution in [3.05, 3.63) is 352 Å².